The zero-order valence-corrected chi connectivity index (χ0v) is 9.99. The highest BCUT2D eigenvalue weighted by atomic mass is 35.5. The molecule has 2 rings (SSSR count). The standard InChI is InChI=1S/C11H13ClN4/c1-8-10(12)6-15-16(8)7-9-3-4-11(13-2)14-5-9/h3-6H,7H2,1-2H3,(H,13,14). The Labute approximate surface area is 99.3 Å². The third kappa shape index (κ3) is 2.17. The lowest BCUT2D eigenvalue weighted by atomic mass is 10.3. The minimum absolute atomic E-state index is 0.690. The molecule has 16 heavy (non-hydrogen) atoms. The van der Waals surface area contributed by atoms with Crippen molar-refractivity contribution in [2.24, 2.45) is 0 Å². The fraction of sp³-hybridized carbons (Fsp3) is 0.273. The van der Waals surface area contributed by atoms with Crippen molar-refractivity contribution in [3.63, 3.8) is 0 Å². The molecule has 2 aromatic heterocycles. The second kappa shape index (κ2) is 4.53. The van der Waals surface area contributed by atoms with Crippen LogP contribution in [0.25, 0.3) is 0 Å². The van der Waals surface area contributed by atoms with Crippen molar-refractivity contribution in [1.82, 2.24) is 14.8 Å². The van der Waals surface area contributed by atoms with E-state index < -0.39 is 0 Å². The monoisotopic (exact) mass is 236 g/mol. The molecule has 0 aliphatic rings. The van der Waals surface area contributed by atoms with Gasteiger partial charge in [0.25, 0.3) is 0 Å². The van der Waals surface area contributed by atoms with Crippen LogP contribution in [-0.4, -0.2) is 21.8 Å². The Balaban J connectivity index is 2.17. The molecule has 0 saturated heterocycles. The summed E-state index contributed by atoms with van der Waals surface area (Å²) in [6.45, 7) is 2.64. The first kappa shape index (κ1) is 11.0. The van der Waals surface area contributed by atoms with Crippen molar-refractivity contribution in [2.75, 3.05) is 12.4 Å². The lowest BCUT2D eigenvalue weighted by molar-refractivity contribution is 0.663. The van der Waals surface area contributed by atoms with E-state index in [0.29, 0.717) is 11.6 Å². The minimum atomic E-state index is 0.690. The molecule has 4 nitrogen and oxygen atoms in total. The molecule has 0 spiro atoms. The van der Waals surface area contributed by atoms with E-state index in [1.165, 1.54) is 0 Å². The summed E-state index contributed by atoms with van der Waals surface area (Å²) in [6.07, 6.45) is 3.49. The van der Waals surface area contributed by atoms with Gasteiger partial charge in [-0.3, -0.25) is 4.68 Å². The van der Waals surface area contributed by atoms with Crippen molar-refractivity contribution in [3.05, 3.63) is 40.8 Å². The van der Waals surface area contributed by atoms with Gasteiger partial charge in [0.1, 0.15) is 5.82 Å². The maximum Gasteiger partial charge on any atom is 0.125 e. The molecule has 2 heterocycles. The highest BCUT2D eigenvalue weighted by Crippen LogP contribution is 2.15. The van der Waals surface area contributed by atoms with Gasteiger partial charge >= 0.3 is 0 Å². The molecule has 1 N–H and O–H groups in total. The van der Waals surface area contributed by atoms with E-state index in [4.69, 9.17) is 11.6 Å². The molecule has 0 radical (unpaired) electrons. The molecule has 0 aromatic carbocycles. The van der Waals surface area contributed by atoms with Gasteiger partial charge in [0.05, 0.1) is 23.5 Å². The average Bonchev–Trinajstić information content (AvgIpc) is 2.62. The summed E-state index contributed by atoms with van der Waals surface area (Å²) in [4.78, 5) is 4.24. The molecule has 0 aliphatic heterocycles. The first-order valence-corrected chi connectivity index (χ1v) is 5.39. The molecule has 0 saturated carbocycles. The largest absolute Gasteiger partial charge is 0.373 e. The average molecular weight is 237 g/mol. The lowest BCUT2D eigenvalue weighted by Gasteiger charge is -2.05. The van der Waals surface area contributed by atoms with Crippen LogP contribution in [0, 0.1) is 6.92 Å². The van der Waals surface area contributed by atoms with Crippen molar-refractivity contribution < 1.29 is 0 Å². The van der Waals surface area contributed by atoms with Gasteiger partial charge in [-0.25, -0.2) is 4.98 Å². The highest BCUT2D eigenvalue weighted by molar-refractivity contribution is 6.31. The van der Waals surface area contributed by atoms with Gasteiger partial charge in [-0.05, 0) is 18.6 Å². The molecule has 84 valence electrons. The predicted molar refractivity (Wildman–Crippen MR) is 64.9 cm³/mol. The van der Waals surface area contributed by atoms with Crippen LogP contribution in [0.2, 0.25) is 5.02 Å². The number of rotatable bonds is 3. The van der Waals surface area contributed by atoms with E-state index >= 15 is 0 Å². The third-order valence-corrected chi connectivity index (χ3v) is 2.83. The zero-order valence-electron chi connectivity index (χ0n) is 9.24. The summed E-state index contributed by atoms with van der Waals surface area (Å²) in [5.41, 5.74) is 2.07. The van der Waals surface area contributed by atoms with E-state index in [1.54, 1.807) is 6.20 Å². The zero-order chi connectivity index (χ0) is 11.5. The molecule has 0 unspecified atom stereocenters. The van der Waals surface area contributed by atoms with Crippen LogP contribution in [0.4, 0.5) is 5.82 Å². The Hall–Kier alpha value is -1.55. The van der Waals surface area contributed by atoms with E-state index in [1.807, 2.05) is 37.0 Å². The second-order valence-electron chi connectivity index (χ2n) is 3.54. The fourth-order valence-electron chi connectivity index (χ4n) is 1.42. The Kier molecular flexibility index (Phi) is 3.10. The number of aromatic nitrogens is 3. The Morgan fingerprint density at radius 1 is 1.38 bits per heavy atom. The number of anilines is 1. The van der Waals surface area contributed by atoms with Crippen LogP contribution in [0.5, 0.6) is 0 Å². The maximum atomic E-state index is 5.93. The van der Waals surface area contributed by atoms with Crippen molar-refractivity contribution in [2.45, 2.75) is 13.5 Å². The predicted octanol–water partition coefficient (Wildman–Crippen LogP) is 2.33. The van der Waals surface area contributed by atoms with Gasteiger partial charge in [0.15, 0.2) is 0 Å². The lowest BCUT2D eigenvalue weighted by Crippen LogP contribution is -2.04. The molecule has 2 aromatic rings. The maximum absolute atomic E-state index is 5.93. The van der Waals surface area contributed by atoms with E-state index in [2.05, 4.69) is 15.4 Å². The quantitative estimate of drug-likeness (QED) is 0.890. The van der Waals surface area contributed by atoms with E-state index in [0.717, 1.165) is 17.1 Å². The van der Waals surface area contributed by atoms with Gasteiger partial charge in [-0.15, -0.1) is 0 Å². The van der Waals surface area contributed by atoms with Gasteiger partial charge in [-0.1, -0.05) is 17.7 Å². The van der Waals surface area contributed by atoms with Crippen LogP contribution >= 0.6 is 11.6 Å². The number of halogens is 1. The van der Waals surface area contributed by atoms with Crippen molar-refractivity contribution in [1.29, 1.82) is 0 Å². The first-order valence-electron chi connectivity index (χ1n) is 5.01. The third-order valence-electron chi connectivity index (χ3n) is 2.46. The Morgan fingerprint density at radius 3 is 2.69 bits per heavy atom. The van der Waals surface area contributed by atoms with Crippen molar-refractivity contribution >= 4 is 17.4 Å². The molecule has 0 amide bonds. The summed E-state index contributed by atoms with van der Waals surface area (Å²) in [5.74, 6) is 0.860. The topological polar surface area (TPSA) is 42.7 Å². The summed E-state index contributed by atoms with van der Waals surface area (Å²) >= 11 is 5.93. The van der Waals surface area contributed by atoms with E-state index in [-0.39, 0.29) is 0 Å². The molecule has 5 heteroatoms. The normalized spacial score (nSPS) is 10.4. The van der Waals surface area contributed by atoms with Crippen LogP contribution < -0.4 is 5.32 Å². The van der Waals surface area contributed by atoms with Crippen LogP contribution in [0.15, 0.2) is 24.5 Å². The van der Waals surface area contributed by atoms with Gasteiger partial charge in [0.2, 0.25) is 0 Å². The van der Waals surface area contributed by atoms with Gasteiger partial charge in [0, 0.05) is 13.2 Å². The fourth-order valence-corrected chi connectivity index (χ4v) is 1.56. The highest BCUT2D eigenvalue weighted by Gasteiger charge is 2.04. The van der Waals surface area contributed by atoms with Crippen LogP contribution in [0.1, 0.15) is 11.3 Å². The van der Waals surface area contributed by atoms with Gasteiger partial charge < -0.3 is 5.32 Å². The molecule has 0 aliphatic carbocycles. The van der Waals surface area contributed by atoms with E-state index in [9.17, 15) is 0 Å². The molecule has 0 fully saturated rings. The second-order valence-corrected chi connectivity index (χ2v) is 3.94. The Morgan fingerprint density at radius 2 is 2.19 bits per heavy atom. The number of pyridine rings is 1. The molecular weight excluding hydrogens is 224 g/mol. The Bertz CT molecular complexity index is 475. The molecule has 0 atom stereocenters. The number of nitrogens with one attached hydrogen (secondary N) is 1. The van der Waals surface area contributed by atoms with Crippen molar-refractivity contribution in [3.8, 4) is 0 Å². The smallest absolute Gasteiger partial charge is 0.125 e. The minimum Gasteiger partial charge on any atom is -0.373 e. The van der Waals surface area contributed by atoms with Gasteiger partial charge in [-0.2, -0.15) is 5.10 Å². The summed E-state index contributed by atoms with van der Waals surface area (Å²) in [7, 11) is 1.85. The summed E-state index contributed by atoms with van der Waals surface area (Å²) in [5, 5.41) is 7.87. The number of hydrogen-bond donors (Lipinski definition) is 1. The van der Waals surface area contributed by atoms with Crippen LogP contribution in [-0.2, 0) is 6.54 Å². The molecule has 0 bridgehead atoms. The number of hydrogen-bond acceptors (Lipinski definition) is 3. The van der Waals surface area contributed by atoms with Crippen LogP contribution in [0.3, 0.4) is 0 Å². The summed E-state index contributed by atoms with van der Waals surface area (Å²) in [6, 6.07) is 3.96. The first-order chi connectivity index (χ1) is 7.70. The molecular formula is C11H13ClN4. The SMILES string of the molecule is CNc1ccc(Cn2ncc(Cl)c2C)cn1. The number of nitrogens with zero attached hydrogens (tertiary/aromatic N) is 3. The summed E-state index contributed by atoms with van der Waals surface area (Å²) < 4.78 is 1.86.